The lowest BCUT2D eigenvalue weighted by Crippen LogP contribution is -2.42. The Morgan fingerprint density at radius 2 is 2.21 bits per heavy atom. The van der Waals surface area contributed by atoms with Crippen LogP contribution < -0.4 is 0 Å². The smallest absolute Gasteiger partial charge is 0.215 e. The maximum atomic E-state index is 11.6. The summed E-state index contributed by atoms with van der Waals surface area (Å²) < 4.78 is 30.0. The van der Waals surface area contributed by atoms with Crippen LogP contribution in [0.15, 0.2) is 0 Å². The lowest BCUT2D eigenvalue weighted by molar-refractivity contribution is 0.102. The topological polar surface area (TPSA) is 46.6 Å². The van der Waals surface area contributed by atoms with Crippen molar-refractivity contribution >= 4 is 21.6 Å². The summed E-state index contributed by atoms with van der Waals surface area (Å²) in [4.78, 5) is 0. The molecule has 0 spiro atoms. The summed E-state index contributed by atoms with van der Waals surface area (Å²) in [5.74, 6) is 0.128. The first-order valence-corrected chi connectivity index (χ1v) is 6.76. The maximum Gasteiger partial charge on any atom is 0.215 e. The van der Waals surface area contributed by atoms with Gasteiger partial charge >= 0.3 is 0 Å². The highest BCUT2D eigenvalue weighted by molar-refractivity contribution is 7.89. The summed E-state index contributed by atoms with van der Waals surface area (Å²) in [5.41, 5.74) is 0. The summed E-state index contributed by atoms with van der Waals surface area (Å²) in [5, 5.41) is 0. The van der Waals surface area contributed by atoms with E-state index >= 15 is 0 Å². The molecule has 6 heteroatoms. The normalized spacial score (nSPS) is 28.6. The summed E-state index contributed by atoms with van der Waals surface area (Å²) in [6.07, 6.45) is 0.740. The van der Waals surface area contributed by atoms with E-state index in [1.54, 1.807) is 7.05 Å². The third-order valence-electron chi connectivity index (χ3n) is 2.58. The predicted molar refractivity (Wildman–Crippen MR) is 56.1 cm³/mol. The van der Waals surface area contributed by atoms with Crippen LogP contribution in [0.3, 0.4) is 0 Å². The predicted octanol–water partition coefficient (Wildman–Crippen LogP) is 0.664. The molecule has 0 aliphatic carbocycles. The van der Waals surface area contributed by atoms with Crippen molar-refractivity contribution in [2.75, 3.05) is 25.3 Å². The van der Waals surface area contributed by atoms with Gasteiger partial charge in [0.25, 0.3) is 0 Å². The molecule has 0 N–H and O–H groups in total. The molecule has 2 unspecified atom stereocenters. The minimum absolute atomic E-state index is 0.00568. The lowest BCUT2D eigenvalue weighted by atomic mass is 10.2. The van der Waals surface area contributed by atoms with Crippen LogP contribution >= 0.6 is 11.6 Å². The van der Waals surface area contributed by atoms with E-state index in [2.05, 4.69) is 0 Å². The van der Waals surface area contributed by atoms with E-state index in [9.17, 15) is 8.42 Å². The van der Waals surface area contributed by atoms with Gasteiger partial charge in [0.15, 0.2) is 0 Å². The van der Waals surface area contributed by atoms with Gasteiger partial charge in [-0.25, -0.2) is 8.42 Å². The van der Waals surface area contributed by atoms with E-state index in [1.807, 2.05) is 6.92 Å². The number of halogens is 1. The highest BCUT2D eigenvalue weighted by Gasteiger charge is 2.33. The Balaban J connectivity index is 2.68. The molecule has 84 valence electrons. The van der Waals surface area contributed by atoms with Crippen LogP contribution in [0.4, 0.5) is 0 Å². The van der Waals surface area contributed by atoms with Crippen molar-refractivity contribution in [3.05, 3.63) is 0 Å². The van der Waals surface area contributed by atoms with E-state index in [0.29, 0.717) is 6.61 Å². The van der Waals surface area contributed by atoms with Gasteiger partial charge in [-0.15, -0.1) is 11.6 Å². The SMILES string of the molecule is CC1OCCC1N(C)S(=O)(=O)CCCl. The van der Waals surface area contributed by atoms with Crippen LogP contribution in [0.2, 0.25) is 0 Å². The second kappa shape index (κ2) is 4.79. The van der Waals surface area contributed by atoms with Crippen molar-refractivity contribution in [2.24, 2.45) is 0 Å². The molecule has 0 saturated carbocycles. The van der Waals surface area contributed by atoms with Crippen LogP contribution in [-0.2, 0) is 14.8 Å². The fourth-order valence-electron chi connectivity index (χ4n) is 1.65. The van der Waals surface area contributed by atoms with Crippen LogP contribution in [0.5, 0.6) is 0 Å². The number of ether oxygens (including phenoxy) is 1. The molecule has 2 atom stereocenters. The van der Waals surface area contributed by atoms with Crippen molar-refractivity contribution in [3.8, 4) is 0 Å². The average molecular weight is 242 g/mol. The minimum Gasteiger partial charge on any atom is -0.377 e. The van der Waals surface area contributed by atoms with Gasteiger partial charge in [0.2, 0.25) is 10.0 Å². The molecule has 0 radical (unpaired) electrons. The molecule has 0 aromatic rings. The summed E-state index contributed by atoms with van der Waals surface area (Å²) >= 11 is 5.44. The van der Waals surface area contributed by atoms with Gasteiger partial charge in [-0.1, -0.05) is 0 Å². The van der Waals surface area contributed by atoms with E-state index < -0.39 is 10.0 Å². The number of likely N-dealkylation sites (N-methyl/N-ethyl adjacent to an activating group) is 1. The van der Waals surface area contributed by atoms with Gasteiger partial charge in [0, 0.05) is 19.5 Å². The first kappa shape index (κ1) is 12.2. The molecule has 1 rings (SSSR count). The molecule has 0 bridgehead atoms. The Labute approximate surface area is 90.2 Å². The highest BCUT2D eigenvalue weighted by Crippen LogP contribution is 2.20. The number of hydrogen-bond acceptors (Lipinski definition) is 3. The summed E-state index contributed by atoms with van der Waals surface area (Å²) in [6.45, 7) is 2.52. The molecule has 0 aromatic heterocycles. The molecule has 14 heavy (non-hydrogen) atoms. The number of nitrogens with zero attached hydrogens (tertiary/aromatic N) is 1. The average Bonchev–Trinajstić information content (AvgIpc) is 2.50. The van der Waals surface area contributed by atoms with Gasteiger partial charge in [0.1, 0.15) is 0 Å². The minimum atomic E-state index is -3.21. The molecular weight excluding hydrogens is 226 g/mol. The summed E-state index contributed by atoms with van der Waals surface area (Å²) in [7, 11) is -1.61. The fourth-order valence-corrected chi connectivity index (χ4v) is 3.40. The van der Waals surface area contributed by atoms with E-state index in [4.69, 9.17) is 16.3 Å². The Kier molecular flexibility index (Phi) is 4.18. The first-order chi connectivity index (χ1) is 6.49. The van der Waals surface area contributed by atoms with Gasteiger partial charge < -0.3 is 4.74 Å². The number of rotatable bonds is 4. The number of alkyl halides is 1. The molecule has 1 heterocycles. The van der Waals surface area contributed by atoms with Gasteiger partial charge in [-0.3, -0.25) is 0 Å². The Bertz CT molecular complexity index is 280. The Morgan fingerprint density at radius 1 is 1.57 bits per heavy atom. The third kappa shape index (κ3) is 2.59. The van der Waals surface area contributed by atoms with Crippen molar-refractivity contribution in [2.45, 2.75) is 25.5 Å². The van der Waals surface area contributed by atoms with Crippen molar-refractivity contribution < 1.29 is 13.2 Å². The quantitative estimate of drug-likeness (QED) is 0.680. The standard InChI is InChI=1S/C8H16ClNO3S/c1-7-8(3-5-13-7)10(2)14(11,12)6-4-9/h7-8H,3-6H2,1-2H3. The zero-order valence-electron chi connectivity index (χ0n) is 8.44. The van der Waals surface area contributed by atoms with Crippen molar-refractivity contribution in [1.82, 2.24) is 4.31 Å². The van der Waals surface area contributed by atoms with E-state index in [1.165, 1.54) is 4.31 Å². The van der Waals surface area contributed by atoms with Crippen LogP contribution in [0.1, 0.15) is 13.3 Å². The maximum absolute atomic E-state index is 11.6. The van der Waals surface area contributed by atoms with Gasteiger partial charge in [-0.05, 0) is 13.3 Å². The monoisotopic (exact) mass is 241 g/mol. The largest absolute Gasteiger partial charge is 0.377 e. The lowest BCUT2D eigenvalue weighted by Gasteiger charge is -2.25. The zero-order chi connectivity index (χ0) is 10.8. The van der Waals surface area contributed by atoms with Crippen LogP contribution in [0.25, 0.3) is 0 Å². The van der Waals surface area contributed by atoms with Crippen molar-refractivity contribution in [1.29, 1.82) is 0 Å². The number of hydrogen-bond donors (Lipinski definition) is 0. The Hall–Kier alpha value is 0.160. The molecule has 1 saturated heterocycles. The Morgan fingerprint density at radius 3 is 2.64 bits per heavy atom. The van der Waals surface area contributed by atoms with Gasteiger partial charge in [0.05, 0.1) is 17.9 Å². The second-order valence-electron chi connectivity index (χ2n) is 3.45. The molecule has 0 amide bonds. The summed E-state index contributed by atoms with van der Waals surface area (Å²) in [6, 6.07) is -0.0387. The van der Waals surface area contributed by atoms with Gasteiger partial charge in [-0.2, -0.15) is 4.31 Å². The zero-order valence-corrected chi connectivity index (χ0v) is 10.0. The second-order valence-corrected chi connectivity index (χ2v) is 5.98. The molecule has 0 aromatic carbocycles. The van der Waals surface area contributed by atoms with E-state index in [0.717, 1.165) is 6.42 Å². The van der Waals surface area contributed by atoms with E-state index in [-0.39, 0.29) is 23.8 Å². The van der Waals surface area contributed by atoms with Crippen LogP contribution in [-0.4, -0.2) is 50.2 Å². The first-order valence-electron chi connectivity index (χ1n) is 4.62. The molecule has 1 aliphatic heterocycles. The van der Waals surface area contributed by atoms with Crippen LogP contribution in [0, 0.1) is 0 Å². The van der Waals surface area contributed by atoms with Crippen molar-refractivity contribution in [3.63, 3.8) is 0 Å². The fraction of sp³-hybridized carbons (Fsp3) is 1.00. The molecular formula is C8H16ClNO3S. The molecule has 1 fully saturated rings. The molecule has 1 aliphatic rings. The molecule has 4 nitrogen and oxygen atoms in total. The highest BCUT2D eigenvalue weighted by atomic mass is 35.5. The third-order valence-corrected chi connectivity index (χ3v) is 4.86. The number of sulfonamides is 1.